The zero-order valence-corrected chi connectivity index (χ0v) is 12.6. The molecule has 2 rings (SSSR count). The summed E-state index contributed by atoms with van der Waals surface area (Å²) >= 11 is 0. The van der Waals surface area contributed by atoms with Gasteiger partial charge in [-0.3, -0.25) is 14.9 Å². The third kappa shape index (κ3) is 2.93. The Morgan fingerprint density at radius 3 is 2.73 bits per heavy atom. The second-order valence-corrected chi connectivity index (χ2v) is 6.67. The average Bonchev–Trinajstić information content (AvgIpc) is 2.46. The number of aryl methyl sites for hydroxylation is 1. The fourth-order valence-electron chi connectivity index (χ4n) is 2.26. The summed E-state index contributed by atoms with van der Waals surface area (Å²) in [5.41, 5.74) is 5.24. The molecule has 0 aliphatic carbocycles. The fourth-order valence-corrected chi connectivity index (χ4v) is 4.04. The summed E-state index contributed by atoms with van der Waals surface area (Å²) < 4.78 is 31.5. The molecule has 0 radical (unpaired) electrons. The number of rotatable bonds is 4. The number of nitrogens with zero attached hydrogens (tertiary/aromatic N) is 2. The van der Waals surface area contributed by atoms with Crippen LogP contribution in [-0.4, -0.2) is 49.4 Å². The molecule has 1 atom stereocenters. The number of sulfonamides is 1. The van der Waals surface area contributed by atoms with E-state index in [0.29, 0.717) is 0 Å². The van der Waals surface area contributed by atoms with Crippen molar-refractivity contribution in [3.05, 3.63) is 33.9 Å². The van der Waals surface area contributed by atoms with Crippen LogP contribution < -0.4 is 5.73 Å². The van der Waals surface area contributed by atoms with Crippen LogP contribution in [0.5, 0.6) is 0 Å². The maximum absolute atomic E-state index is 12.7. The summed E-state index contributed by atoms with van der Waals surface area (Å²) in [7, 11) is -4.00. The lowest BCUT2D eigenvalue weighted by molar-refractivity contribution is -0.385. The van der Waals surface area contributed by atoms with Crippen LogP contribution in [0.15, 0.2) is 23.1 Å². The maximum atomic E-state index is 12.7. The number of nitrogens with two attached hydrogens (primary N) is 1. The topological polar surface area (TPSA) is 133 Å². The molecule has 2 N–H and O–H groups in total. The molecule has 1 aliphatic heterocycles. The third-order valence-corrected chi connectivity index (χ3v) is 5.43. The van der Waals surface area contributed by atoms with Gasteiger partial charge in [0.15, 0.2) is 0 Å². The molecule has 0 spiro atoms. The Labute approximate surface area is 126 Å². The first-order valence-corrected chi connectivity index (χ1v) is 7.83. The second-order valence-electron chi connectivity index (χ2n) is 4.82. The van der Waals surface area contributed by atoms with Crippen LogP contribution in [0.3, 0.4) is 0 Å². The Bertz CT molecular complexity index is 718. The third-order valence-electron chi connectivity index (χ3n) is 3.36. The zero-order valence-electron chi connectivity index (χ0n) is 11.8. The number of carbonyl (C=O) groups is 1. The molecule has 120 valence electrons. The monoisotopic (exact) mass is 329 g/mol. The smallest absolute Gasteiger partial charge is 0.269 e. The van der Waals surface area contributed by atoms with Crippen LogP contribution in [-0.2, 0) is 19.6 Å². The number of morpholine rings is 1. The van der Waals surface area contributed by atoms with E-state index in [-0.39, 0.29) is 35.9 Å². The van der Waals surface area contributed by atoms with Crippen molar-refractivity contribution in [3.8, 4) is 0 Å². The number of non-ortho nitro benzene ring substituents is 1. The standard InChI is InChI=1S/C12H15N3O6S/c1-8-6-9(15(17)18)2-3-11(8)22(19,20)14-4-5-21-7-10(14)12(13)16/h2-3,6,10H,4-5,7H2,1H3,(H2,13,16)/t10-/m0/s1. The summed E-state index contributed by atoms with van der Waals surface area (Å²) in [5, 5.41) is 10.7. The van der Waals surface area contributed by atoms with Gasteiger partial charge in [-0.05, 0) is 18.6 Å². The van der Waals surface area contributed by atoms with Crippen molar-refractivity contribution in [2.24, 2.45) is 5.73 Å². The highest BCUT2D eigenvalue weighted by molar-refractivity contribution is 7.89. The first-order chi connectivity index (χ1) is 10.2. The van der Waals surface area contributed by atoms with Gasteiger partial charge >= 0.3 is 0 Å². The van der Waals surface area contributed by atoms with E-state index in [9.17, 15) is 23.3 Å². The quantitative estimate of drug-likeness (QED) is 0.599. The molecular weight excluding hydrogens is 314 g/mol. The number of amides is 1. The Kier molecular flexibility index (Phi) is 4.44. The van der Waals surface area contributed by atoms with Crippen molar-refractivity contribution in [3.63, 3.8) is 0 Å². The van der Waals surface area contributed by atoms with E-state index in [1.165, 1.54) is 13.0 Å². The van der Waals surface area contributed by atoms with E-state index >= 15 is 0 Å². The molecule has 0 saturated carbocycles. The molecule has 9 nitrogen and oxygen atoms in total. The molecule has 10 heteroatoms. The molecule has 1 amide bonds. The number of nitro groups is 1. The zero-order chi connectivity index (χ0) is 16.5. The summed E-state index contributed by atoms with van der Waals surface area (Å²) in [5.74, 6) is -0.803. The summed E-state index contributed by atoms with van der Waals surface area (Å²) in [4.78, 5) is 21.4. The molecule has 0 unspecified atom stereocenters. The first-order valence-electron chi connectivity index (χ1n) is 6.39. The van der Waals surface area contributed by atoms with Crippen LogP contribution in [0.1, 0.15) is 5.56 Å². The van der Waals surface area contributed by atoms with E-state index in [1.807, 2.05) is 0 Å². The molecule has 1 saturated heterocycles. The van der Waals surface area contributed by atoms with E-state index in [0.717, 1.165) is 16.4 Å². The minimum absolute atomic E-state index is 0.00757. The Morgan fingerprint density at radius 1 is 1.50 bits per heavy atom. The van der Waals surface area contributed by atoms with Gasteiger partial charge in [-0.15, -0.1) is 0 Å². The van der Waals surface area contributed by atoms with Crippen LogP contribution in [0.4, 0.5) is 5.69 Å². The van der Waals surface area contributed by atoms with Crippen LogP contribution in [0, 0.1) is 17.0 Å². The first kappa shape index (κ1) is 16.3. The lowest BCUT2D eigenvalue weighted by Crippen LogP contribution is -2.54. The molecule has 1 aromatic rings. The van der Waals surface area contributed by atoms with Gasteiger partial charge in [0.1, 0.15) is 6.04 Å². The van der Waals surface area contributed by atoms with Gasteiger partial charge in [0.05, 0.1) is 23.0 Å². The van der Waals surface area contributed by atoms with E-state index in [2.05, 4.69) is 0 Å². The van der Waals surface area contributed by atoms with Crippen LogP contribution in [0.2, 0.25) is 0 Å². The van der Waals surface area contributed by atoms with Gasteiger partial charge < -0.3 is 10.5 Å². The number of benzene rings is 1. The van der Waals surface area contributed by atoms with Crippen molar-refractivity contribution in [2.75, 3.05) is 19.8 Å². The maximum Gasteiger partial charge on any atom is 0.269 e. The van der Waals surface area contributed by atoms with E-state index in [4.69, 9.17) is 10.5 Å². The van der Waals surface area contributed by atoms with Gasteiger partial charge in [0.25, 0.3) is 5.69 Å². The highest BCUT2D eigenvalue weighted by atomic mass is 32.2. The number of hydrogen-bond donors (Lipinski definition) is 1. The van der Waals surface area contributed by atoms with Crippen molar-refractivity contribution in [1.29, 1.82) is 0 Å². The Morgan fingerprint density at radius 2 is 2.18 bits per heavy atom. The van der Waals surface area contributed by atoms with Gasteiger partial charge in [0.2, 0.25) is 15.9 Å². The van der Waals surface area contributed by atoms with Crippen molar-refractivity contribution < 1.29 is 22.9 Å². The highest BCUT2D eigenvalue weighted by Crippen LogP contribution is 2.26. The lowest BCUT2D eigenvalue weighted by atomic mass is 10.2. The lowest BCUT2D eigenvalue weighted by Gasteiger charge is -2.32. The van der Waals surface area contributed by atoms with Gasteiger partial charge in [-0.2, -0.15) is 4.31 Å². The van der Waals surface area contributed by atoms with E-state index < -0.39 is 26.9 Å². The van der Waals surface area contributed by atoms with Gasteiger partial charge in [0, 0.05) is 18.7 Å². The highest BCUT2D eigenvalue weighted by Gasteiger charge is 2.38. The fraction of sp³-hybridized carbons (Fsp3) is 0.417. The molecule has 1 aliphatic rings. The number of primary amides is 1. The summed E-state index contributed by atoms with van der Waals surface area (Å²) in [6, 6.07) is 2.36. The largest absolute Gasteiger partial charge is 0.378 e. The van der Waals surface area contributed by atoms with Crippen molar-refractivity contribution in [1.82, 2.24) is 4.31 Å². The SMILES string of the molecule is Cc1cc([N+](=O)[O-])ccc1S(=O)(=O)N1CCOC[C@H]1C(N)=O. The summed E-state index contributed by atoms with van der Waals surface area (Å²) in [6.07, 6.45) is 0. The Balaban J connectivity index is 2.45. The molecule has 1 fully saturated rings. The normalized spacial score (nSPS) is 19.8. The Hall–Kier alpha value is -2.04. The molecule has 22 heavy (non-hydrogen) atoms. The average molecular weight is 329 g/mol. The predicted molar refractivity (Wildman–Crippen MR) is 75.5 cm³/mol. The summed E-state index contributed by atoms with van der Waals surface area (Å²) in [6.45, 7) is 1.49. The number of nitro benzene ring substituents is 1. The van der Waals surface area contributed by atoms with Crippen LogP contribution in [0.25, 0.3) is 0 Å². The number of hydrogen-bond acceptors (Lipinski definition) is 6. The number of carbonyl (C=O) groups excluding carboxylic acids is 1. The van der Waals surface area contributed by atoms with Crippen molar-refractivity contribution >= 4 is 21.6 Å². The van der Waals surface area contributed by atoms with E-state index in [1.54, 1.807) is 0 Å². The van der Waals surface area contributed by atoms with Gasteiger partial charge in [-0.1, -0.05) is 0 Å². The van der Waals surface area contributed by atoms with Crippen molar-refractivity contribution in [2.45, 2.75) is 17.9 Å². The second kappa shape index (κ2) is 5.99. The number of ether oxygens (including phenoxy) is 1. The minimum atomic E-state index is -4.00. The van der Waals surface area contributed by atoms with Gasteiger partial charge in [-0.25, -0.2) is 8.42 Å². The molecule has 0 bridgehead atoms. The minimum Gasteiger partial charge on any atom is -0.378 e. The van der Waals surface area contributed by atoms with Crippen LogP contribution >= 0.6 is 0 Å². The molecule has 0 aromatic heterocycles. The predicted octanol–water partition coefficient (Wildman–Crippen LogP) is -0.222. The molecule has 1 heterocycles. The molecule has 1 aromatic carbocycles. The molecular formula is C12H15N3O6S.